The number of ether oxygens (including phenoxy) is 2. The quantitative estimate of drug-likeness (QED) is 0.644. The van der Waals surface area contributed by atoms with Crippen molar-refractivity contribution in [1.82, 2.24) is 10.4 Å². The molecule has 3 N–H and O–H groups in total. The third-order valence-corrected chi connectivity index (χ3v) is 3.08. The van der Waals surface area contributed by atoms with Crippen LogP contribution < -0.4 is 20.7 Å². The maximum absolute atomic E-state index is 5.70. The second-order valence-electron chi connectivity index (χ2n) is 4.45. The predicted molar refractivity (Wildman–Crippen MR) is 77.7 cm³/mol. The zero-order valence-electron chi connectivity index (χ0n) is 11.9. The molecule has 5 nitrogen and oxygen atoms in total. The number of aromatic nitrogens is 1. The van der Waals surface area contributed by atoms with Crippen molar-refractivity contribution in [1.29, 1.82) is 0 Å². The number of aryl methyl sites for hydroxylation is 1. The van der Waals surface area contributed by atoms with E-state index >= 15 is 0 Å². The van der Waals surface area contributed by atoms with Crippen molar-refractivity contribution >= 4 is 0 Å². The maximum Gasteiger partial charge on any atom is 0.122 e. The average molecular weight is 273 g/mol. The van der Waals surface area contributed by atoms with Gasteiger partial charge in [-0.3, -0.25) is 10.8 Å². The standard InChI is InChI=1S/C15H19N3O2/c1-10-5-4-6-14(17-10)15(18-16)11-7-12(19-2)9-13(8-11)20-3/h4-9,15,18H,16H2,1-3H3. The first kappa shape index (κ1) is 14.3. The van der Waals surface area contributed by atoms with Crippen molar-refractivity contribution in [2.45, 2.75) is 13.0 Å². The second-order valence-corrected chi connectivity index (χ2v) is 4.45. The van der Waals surface area contributed by atoms with Gasteiger partial charge in [-0.15, -0.1) is 0 Å². The van der Waals surface area contributed by atoms with Crippen LogP contribution in [0.3, 0.4) is 0 Å². The number of rotatable bonds is 5. The molecule has 20 heavy (non-hydrogen) atoms. The highest BCUT2D eigenvalue weighted by Gasteiger charge is 2.16. The first-order chi connectivity index (χ1) is 9.67. The van der Waals surface area contributed by atoms with E-state index in [-0.39, 0.29) is 6.04 Å². The summed E-state index contributed by atoms with van der Waals surface area (Å²) in [5, 5.41) is 0. The molecule has 0 saturated heterocycles. The van der Waals surface area contributed by atoms with E-state index in [2.05, 4.69) is 10.4 Å². The number of hydrazine groups is 1. The van der Waals surface area contributed by atoms with Crippen molar-refractivity contribution < 1.29 is 9.47 Å². The monoisotopic (exact) mass is 273 g/mol. The van der Waals surface area contributed by atoms with Crippen LogP contribution in [0.2, 0.25) is 0 Å². The summed E-state index contributed by atoms with van der Waals surface area (Å²) in [6.07, 6.45) is 0. The molecule has 1 unspecified atom stereocenters. The zero-order chi connectivity index (χ0) is 14.5. The van der Waals surface area contributed by atoms with Crippen LogP contribution in [0.15, 0.2) is 36.4 Å². The number of hydrogen-bond donors (Lipinski definition) is 2. The lowest BCUT2D eigenvalue weighted by molar-refractivity contribution is 0.392. The number of nitrogens with one attached hydrogen (secondary N) is 1. The fourth-order valence-electron chi connectivity index (χ4n) is 2.07. The van der Waals surface area contributed by atoms with E-state index in [4.69, 9.17) is 15.3 Å². The minimum Gasteiger partial charge on any atom is -0.497 e. The lowest BCUT2D eigenvalue weighted by Gasteiger charge is -2.18. The van der Waals surface area contributed by atoms with E-state index in [0.717, 1.165) is 17.0 Å². The number of methoxy groups -OCH3 is 2. The van der Waals surface area contributed by atoms with Gasteiger partial charge in [-0.1, -0.05) is 6.07 Å². The van der Waals surface area contributed by atoms with E-state index < -0.39 is 0 Å². The van der Waals surface area contributed by atoms with Gasteiger partial charge in [-0.25, -0.2) is 5.43 Å². The van der Waals surface area contributed by atoms with Gasteiger partial charge in [-0.05, 0) is 36.8 Å². The van der Waals surface area contributed by atoms with Crippen LogP contribution in [0.1, 0.15) is 23.0 Å². The Labute approximate surface area is 118 Å². The largest absolute Gasteiger partial charge is 0.497 e. The summed E-state index contributed by atoms with van der Waals surface area (Å²) in [6.45, 7) is 1.95. The SMILES string of the molecule is COc1cc(OC)cc(C(NN)c2cccc(C)n2)c1. The third-order valence-electron chi connectivity index (χ3n) is 3.08. The minimum absolute atomic E-state index is 0.223. The van der Waals surface area contributed by atoms with Gasteiger partial charge in [0.05, 0.1) is 26.0 Å². The van der Waals surface area contributed by atoms with Crippen LogP contribution in [-0.2, 0) is 0 Å². The Morgan fingerprint density at radius 1 is 1.10 bits per heavy atom. The third kappa shape index (κ3) is 3.07. The van der Waals surface area contributed by atoms with Gasteiger partial charge >= 0.3 is 0 Å². The molecule has 106 valence electrons. The van der Waals surface area contributed by atoms with Crippen molar-refractivity contribution in [2.75, 3.05) is 14.2 Å². The Morgan fingerprint density at radius 2 is 1.75 bits per heavy atom. The van der Waals surface area contributed by atoms with Crippen LogP contribution in [0.5, 0.6) is 11.5 Å². The molecule has 0 aliphatic heterocycles. The number of hydrogen-bond acceptors (Lipinski definition) is 5. The van der Waals surface area contributed by atoms with Crippen molar-refractivity contribution in [2.24, 2.45) is 5.84 Å². The molecular weight excluding hydrogens is 254 g/mol. The molecular formula is C15H19N3O2. The van der Waals surface area contributed by atoms with E-state index in [1.54, 1.807) is 14.2 Å². The molecule has 5 heteroatoms. The number of benzene rings is 1. The molecule has 0 aliphatic carbocycles. The Kier molecular flexibility index (Phi) is 4.55. The fraction of sp³-hybridized carbons (Fsp3) is 0.267. The van der Waals surface area contributed by atoms with Gasteiger partial charge < -0.3 is 9.47 Å². The molecule has 1 atom stereocenters. The highest BCUT2D eigenvalue weighted by atomic mass is 16.5. The Hall–Kier alpha value is -2.11. The van der Waals surface area contributed by atoms with E-state index in [9.17, 15) is 0 Å². The summed E-state index contributed by atoms with van der Waals surface area (Å²) in [4.78, 5) is 4.51. The van der Waals surface area contributed by atoms with Gasteiger partial charge in [-0.2, -0.15) is 0 Å². The molecule has 2 aromatic rings. The van der Waals surface area contributed by atoms with Crippen molar-refractivity contribution in [3.05, 3.63) is 53.3 Å². The summed E-state index contributed by atoms with van der Waals surface area (Å²) < 4.78 is 10.6. The van der Waals surface area contributed by atoms with Gasteiger partial charge in [0.25, 0.3) is 0 Å². The summed E-state index contributed by atoms with van der Waals surface area (Å²) >= 11 is 0. The minimum atomic E-state index is -0.223. The van der Waals surface area contributed by atoms with E-state index in [1.165, 1.54) is 0 Å². The molecule has 2 rings (SSSR count). The summed E-state index contributed by atoms with van der Waals surface area (Å²) in [6, 6.07) is 11.3. The lowest BCUT2D eigenvalue weighted by Crippen LogP contribution is -2.29. The Balaban J connectivity index is 2.45. The summed E-state index contributed by atoms with van der Waals surface area (Å²) in [7, 11) is 3.24. The number of nitrogens with zero attached hydrogens (tertiary/aromatic N) is 1. The molecule has 0 aliphatic rings. The van der Waals surface area contributed by atoms with Gasteiger partial charge in [0.15, 0.2) is 0 Å². The molecule has 1 aromatic carbocycles. The predicted octanol–water partition coefficient (Wildman–Crippen LogP) is 1.96. The van der Waals surface area contributed by atoms with Gasteiger partial charge in [0, 0.05) is 11.8 Å². The van der Waals surface area contributed by atoms with Crippen LogP contribution in [-0.4, -0.2) is 19.2 Å². The molecule has 0 bridgehead atoms. The average Bonchev–Trinajstić information content (AvgIpc) is 2.47. The summed E-state index contributed by atoms with van der Waals surface area (Å²) in [5.41, 5.74) is 5.52. The Morgan fingerprint density at radius 3 is 2.25 bits per heavy atom. The fourth-order valence-corrected chi connectivity index (χ4v) is 2.07. The van der Waals surface area contributed by atoms with Crippen LogP contribution in [0.4, 0.5) is 0 Å². The topological polar surface area (TPSA) is 69.4 Å². The van der Waals surface area contributed by atoms with Crippen LogP contribution in [0, 0.1) is 6.92 Å². The molecule has 0 fully saturated rings. The number of pyridine rings is 1. The van der Waals surface area contributed by atoms with E-state index in [0.29, 0.717) is 11.5 Å². The first-order valence-corrected chi connectivity index (χ1v) is 6.30. The van der Waals surface area contributed by atoms with E-state index in [1.807, 2.05) is 43.3 Å². The highest BCUT2D eigenvalue weighted by molar-refractivity contribution is 5.42. The van der Waals surface area contributed by atoms with Crippen LogP contribution >= 0.6 is 0 Å². The zero-order valence-corrected chi connectivity index (χ0v) is 11.9. The first-order valence-electron chi connectivity index (χ1n) is 6.30. The molecule has 0 saturated carbocycles. The maximum atomic E-state index is 5.70. The van der Waals surface area contributed by atoms with Crippen molar-refractivity contribution in [3.8, 4) is 11.5 Å². The summed E-state index contributed by atoms with van der Waals surface area (Å²) in [5.74, 6) is 7.13. The number of nitrogens with two attached hydrogens (primary N) is 1. The van der Waals surface area contributed by atoms with Crippen molar-refractivity contribution in [3.63, 3.8) is 0 Å². The molecule has 0 amide bonds. The highest BCUT2D eigenvalue weighted by Crippen LogP contribution is 2.28. The normalized spacial score (nSPS) is 12.0. The van der Waals surface area contributed by atoms with Gasteiger partial charge in [0.1, 0.15) is 11.5 Å². The molecule has 0 radical (unpaired) electrons. The molecule has 0 spiro atoms. The smallest absolute Gasteiger partial charge is 0.122 e. The Bertz CT molecular complexity index is 565. The lowest BCUT2D eigenvalue weighted by atomic mass is 10.0. The van der Waals surface area contributed by atoms with Gasteiger partial charge in [0.2, 0.25) is 0 Å². The molecule has 1 aromatic heterocycles. The second kappa shape index (κ2) is 6.36. The van der Waals surface area contributed by atoms with Crippen LogP contribution in [0.25, 0.3) is 0 Å². The molecule has 1 heterocycles.